The van der Waals surface area contributed by atoms with Crippen LogP contribution in [0, 0.1) is 0 Å². The van der Waals surface area contributed by atoms with Crippen LogP contribution in [0.1, 0.15) is 0 Å². The van der Waals surface area contributed by atoms with Gasteiger partial charge in [0.2, 0.25) is 0 Å². The summed E-state index contributed by atoms with van der Waals surface area (Å²) in [6, 6.07) is 0. The SMILES string of the molecule is C=CC1NC=CN1. The van der Waals surface area contributed by atoms with Gasteiger partial charge in [-0.05, 0) is 6.08 Å². The monoisotopic (exact) mass is 96.1 g/mol. The van der Waals surface area contributed by atoms with E-state index in [0.717, 1.165) is 0 Å². The van der Waals surface area contributed by atoms with Gasteiger partial charge in [0.05, 0.1) is 0 Å². The van der Waals surface area contributed by atoms with Crippen LogP contribution in [0.25, 0.3) is 0 Å². The van der Waals surface area contributed by atoms with E-state index in [-0.39, 0.29) is 6.17 Å². The van der Waals surface area contributed by atoms with Gasteiger partial charge in [-0.1, -0.05) is 6.58 Å². The Morgan fingerprint density at radius 1 is 1.43 bits per heavy atom. The summed E-state index contributed by atoms with van der Waals surface area (Å²) < 4.78 is 0. The van der Waals surface area contributed by atoms with Crippen LogP contribution in [0.15, 0.2) is 25.1 Å². The normalized spacial score (nSPS) is 18.3. The van der Waals surface area contributed by atoms with Crippen LogP contribution in [0.4, 0.5) is 0 Å². The topological polar surface area (TPSA) is 24.1 Å². The van der Waals surface area contributed by atoms with Crippen molar-refractivity contribution in [1.82, 2.24) is 10.6 Å². The van der Waals surface area contributed by atoms with Crippen molar-refractivity contribution in [2.45, 2.75) is 6.17 Å². The van der Waals surface area contributed by atoms with Gasteiger partial charge in [-0.15, -0.1) is 0 Å². The van der Waals surface area contributed by atoms with E-state index >= 15 is 0 Å². The van der Waals surface area contributed by atoms with E-state index < -0.39 is 0 Å². The fourth-order valence-electron chi connectivity index (χ4n) is 0.488. The number of hydrogen-bond acceptors (Lipinski definition) is 2. The Labute approximate surface area is 42.9 Å². The minimum absolute atomic E-state index is 0.250. The Balaban J connectivity index is 2.35. The lowest BCUT2D eigenvalue weighted by molar-refractivity contribution is 0.689. The van der Waals surface area contributed by atoms with Crippen LogP contribution >= 0.6 is 0 Å². The zero-order valence-electron chi connectivity index (χ0n) is 4.02. The Hall–Kier alpha value is -0.920. The van der Waals surface area contributed by atoms with Gasteiger partial charge in [-0.3, -0.25) is 0 Å². The van der Waals surface area contributed by atoms with Gasteiger partial charge in [0.1, 0.15) is 6.17 Å². The van der Waals surface area contributed by atoms with Crippen molar-refractivity contribution in [3.05, 3.63) is 25.1 Å². The second-order valence-electron chi connectivity index (χ2n) is 1.38. The van der Waals surface area contributed by atoms with Gasteiger partial charge in [-0.2, -0.15) is 0 Å². The lowest BCUT2D eigenvalue weighted by Gasteiger charge is -2.02. The number of nitrogens with one attached hydrogen (secondary N) is 2. The quantitative estimate of drug-likeness (QED) is 0.454. The molecule has 0 aromatic heterocycles. The van der Waals surface area contributed by atoms with Crippen LogP contribution in [0.3, 0.4) is 0 Å². The molecule has 2 nitrogen and oxygen atoms in total. The van der Waals surface area contributed by atoms with Crippen molar-refractivity contribution < 1.29 is 0 Å². The largest absolute Gasteiger partial charge is 0.367 e. The predicted molar refractivity (Wildman–Crippen MR) is 29.4 cm³/mol. The molecule has 0 bridgehead atoms. The molecule has 1 aliphatic rings. The van der Waals surface area contributed by atoms with Gasteiger partial charge in [0.25, 0.3) is 0 Å². The molecule has 0 aromatic carbocycles. The summed E-state index contributed by atoms with van der Waals surface area (Å²) in [6.45, 7) is 3.58. The number of rotatable bonds is 1. The third kappa shape index (κ3) is 0.738. The van der Waals surface area contributed by atoms with Crippen LogP contribution in [-0.2, 0) is 0 Å². The molecule has 0 amide bonds. The van der Waals surface area contributed by atoms with Gasteiger partial charge in [0.15, 0.2) is 0 Å². The molecule has 1 heterocycles. The van der Waals surface area contributed by atoms with E-state index in [0.29, 0.717) is 0 Å². The molecule has 2 heteroatoms. The van der Waals surface area contributed by atoms with Gasteiger partial charge >= 0.3 is 0 Å². The van der Waals surface area contributed by atoms with E-state index in [4.69, 9.17) is 0 Å². The Bertz CT molecular complexity index is 88.3. The molecule has 0 aromatic rings. The third-order valence-electron chi connectivity index (χ3n) is 0.871. The summed E-state index contributed by atoms with van der Waals surface area (Å²) >= 11 is 0. The van der Waals surface area contributed by atoms with Crippen molar-refractivity contribution in [2.24, 2.45) is 0 Å². The fraction of sp³-hybridized carbons (Fsp3) is 0.200. The first-order valence-electron chi connectivity index (χ1n) is 2.23. The zero-order chi connectivity index (χ0) is 5.11. The molecule has 0 fully saturated rings. The Kier molecular flexibility index (Phi) is 1.02. The van der Waals surface area contributed by atoms with Crippen molar-refractivity contribution in [3.63, 3.8) is 0 Å². The summed E-state index contributed by atoms with van der Waals surface area (Å²) in [6.07, 6.45) is 5.76. The highest BCUT2D eigenvalue weighted by Crippen LogP contribution is 1.84. The van der Waals surface area contributed by atoms with Crippen molar-refractivity contribution in [3.8, 4) is 0 Å². The molecule has 0 radical (unpaired) electrons. The lowest BCUT2D eigenvalue weighted by Crippen LogP contribution is -2.27. The highest BCUT2D eigenvalue weighted by molar-refractivity contribution is 4.98. The highest BCUT2D eigenvalue weighted by Gasteiger charge is 1.98. The smallest absolute Gasteiger partial charge is 0.115 e. The molecule has 0 saturated carbocycles. The van der Waals surface area contributed by atoms with Crippen LogP contribution < -0.4 is 10.6 Å². The standard InChI is InChI=1S/C5H8N2/c1-2-5-6-3-4-7-5/h2-7H,1H2. The lowest BCUT2D eigenvalue weighted by atomic mass is 10.5. The summed E-state index contributed by atoms with van der Waals surface area (Å²) in [4.78, 5) is 0. The maximum absolute atomic E-state index is 3.58. The molecule has 0 atom stereocenters. The molecular weight excluding hydrogens is 88.1 g/mol. The second kappa shape index (κ2) is 1.69. The second-order valence-corrected chi connectivity index (χ2v) is 1.38. The average Bonchev–Trinajstić information content (AvgIpc) is 2.14. The zero-order valence-corrected chi connectivity index (χ0v) is 4.02. The van der Waals surface area contributed by atoms with E-state index in [2.05, 4.69) is 17.2 Å². The van der Waals surface area contributed by atoms with Gasteiger partial charge < -0.3 is 10.6 Å². The molecule has 0 spiro atoms. The molecule has 0 aliphatic carbocycles. The molecule has 0 saturated heterocycles. The van der Waals surface area contributed by atoms with Gasteiger partial charge in [-0.25, -0.2) is 0 Å². The molecule has 1 rings (SSSR count). The highest BCUT2D eigenvalue weighted by atomic mass is 15.1. The molecule has 1 aliphatic heterocycles. The predicted octanol–water partition coefficient (Wildman–Crippen LogP) is 0.162. The van der Waals surface area contributed by atoms with E-state index in [1.54, 1.807) is 6.08 Å². The first kappa shape index (κ1) is 4.24. The Morgan fingerprint density at radius 2 is 2.00 bits per heavy atom. The minimum atomic E-state index is 0.250. The summed E-state index contributed by atoms with van der Waals surface area (Å²) in [7, 11) is 0. The van der Waals surface area contributed by atoms with E-state index in [1.807, 2.05) is 12.4 Å². The van der Waals surface area contributed by atoms with Crippen LogP contribution in [0.2, 0.25) is 0 Å². The number of hydrogen-bond donors (Lipinski definition) is 2. The van der Waals surface area contributed by atoms with Crippen LogP contribution in [0.5, 0.6) is 0 Å². The Morgan fingerprint density at radius 3 is 2.29 bits per heavy atom. The first-order valence-corrected chi connectivity index (χ1v) is 2.23. The molecule has 7 heavy (non-hydrogen) atoms. The fourth-order valence-corrected chi connectivity index (χ4v) is 0.488. The first-order chi connectivity index (χ1) is 3.43. The molecule has 0 unspecified atom stereocenters. The van der Waals surface area contributed by atoms with Gasteiger partial charge in [0, 0.05) is 12.4 Å². The maximum Gasteiger partial charge on any atom is 0.115 e. The van der Waals surface area contributed by atoms with Crippen LogP contribution in [-0.4, -0.2) is 6.17 Å². The van der Waals surface area contributed by atoms with Crippen molar-refractivity contribution in [2.75, 3.05) is 0 Å². The summed E-state index contributed by atoms with van der Waals surface area (Å²) in [5.41, 5.74) is 0. The molecule has 38 valence electrons. The molecular formula is C5H8N2. The van der Waals surface area contributed by atoms with Crippen molar-refractivity contribution in [1.29, 1.82) is 0 Å². The van der Waals surface area contributed by atoms with E-state index in [9.17, 15) is 0 Å². The maximum atomic E-state index is 3.58. The summed E-state index contributed by atoms with van der Waals surface area (Å²) in [5.74, 6) is 0. The van der Waals surface area contributed by atoms with E-state index in [1.165, 1.54) is 0 Å². The molecule has 2 N–H and O–H groups in total. The van der Waals surface area contributed by atoms with Crippen molar-refractivity contribution >= 4 is 0 Å². The third-order valence-corrected chi connectivity index (χ3v) is 0.871. The average molecular weight is 96.1 g/mol. The minimum Gasteiger partial charge on any atom is -0.367 e. The summed E-state index contributed by atoms with van der Waals surface area (Å²) in [5, 5.41) is 5.99.